The molecule has 1 aliphatic rings. The molecule has 0 aromatic carbocycles. The molecule has 0 aromatic rings. The molecule has 1 heterocycles. The molecule has 0 aliphatic carbocycles. The predicted molar refractivity (Wildman–Crippen MR) is 44.3 cm³/mol. The van der Waals surface area contributed by atoms with Crippen LogP contribution in [0.4, 0.5) is 0 Å². The number of hydrogen-bond acceptors (Lipinski definition) is 0. The lowest BCUT2D eigenvalue weighted by Gasteiger charge is -2.19. The van der Waals surface area contributed by atoms with Crippen LogP contribution in [0.25, 0.3) is 0 Å². The van der Waals surface area contributed by atoms with Crippen LogP contribution in [0, 0.1) is 0 Å². The highest BCUT2D eigenvalue weighted by Gasteiger charge is 2.09. The average Bonchev–Trinajstić information content (AvgIpc) is 1.90. The summed E-state index contributed by atoms with van der Waals surface area (Å²) in [7, 11) is 0.447. The molecule has 8 heavy (non-hydrogen) atoms. The molecule has 48 valence electrons. The Hall–Kier alpha value is 0.910. The topological polar surface area (TPSA) is 0 Å². The van der Waals surface area contributed by atoms with Crippen molar-refractivity contribution >= 4 is 23.9 Å². The maximum Gasteiger partial charge on any atom is 0.0234 e. The Kier molecular flexibility index (Phi) is 3.38. The third-order valence-corrected chi connectivity index (χ3v) is 5.98. The zero-order valence-corrected chi connectivity index (χ0v) is 7.55. The smallest absolute Gasteiger partial charge is 0.0234 e. The van der Waals surface area contributed by atoms with Gasteiger partial charge in [-0.05, 0) is 25.2 Å². The first-order valence-electron chi connectivity index (χ1n) is 3.22. The van der Waals surface area contributed by atoms with Gasteiger partial charge in [-0.25, -0.2) is 0 Å². The van der Waals surface area contributed by atoms with E-state index < -0.39 is 0 Å². The van der Waals surface area contributed by atoms with Gasteiger partial charge >= 0.3 is 0 Å². The summed E-state index contributed by atoms with van der Waals surface area (Å²) >= 11 is 3.54. The Balaban J connectivity index is 2.13. The summed E-state index contributed by atoms with van der Waals surface area (Å²) in [5, 5.41) is 1.29. The molecule has 1 aliphatic heterocycles. The van der Waals surface area contributed by atoms with E-state index in [9.17, 15) is 0 Å². The van der Waals surface area contributed by atoms with Crippen LogP contribution in [-0.4, -0.2) is 17.4 Å². The fourth-order valence-electron chi connectivity index (χ4n) is 1.08. The van der Waals surface area contributed by atoms with Gasteiger partial charge in [0.05, 0.1) is 0 Å². The standard InChI is InChI=1S/C6H12BrP/c7-6-8-4-2-1-3-5-8/h1-6H2. The lowest BCUT2D eigenvalue weighted by atomic mass is 10.3. The van der Waals surface area contributed by atoms with E-state index in [0.717, 1.165) is 0 Å². The molecule has 0 unspecified atom stereocenters. The zero-order chi connectivity index (χ0) is 5.82. The fourth-order valence-corrected chi connectivity index (χ4v) is 4.39. The van der Waals surface area contributed by atoms with Gasteiger partial charge < -0.3 is 0 Å². The van der Waals surface area contributed by atoms with Crippen molar-refractivity contribution in [1.82, 2.24) is 0 Å². The molecule has 0 amide bonds. The van der Waals surface area contributed by atoms with Gasteiger partial charge in [0, 0.05) is 5.07 Å². The van der Waals surface area contributed by atoms with E-state index in [-0.39, 0.29) is 0 Å². The number of halogens is 1. The number of alkyl halides is 1. The molecule has 0 bridgehead atoms. The quantitative estimate of drug-likeness (QED) is 0.445. The Morgan fingerprint density at radius 1 is 1.12 bits per heavy atom. The second kappa shape index (κ2) is 3.85. The van der Waals surface area contributed by atoms with Gasteiger partial charge in [-0.3, -0.25) is 0 Å². The molecule has 0 saturated carbocycles. The average molecular weight is 195 g/mol. The monoisotopic (exact) mass is 194 g/mol. The Labute approximate surface area is 60.9 Å². The zero-order valence-electron chi connectivity index (χ0n) is 5.07. The van der Waals surface area contributed by atoms with Crippen LogP contribution in [0.3, 0.4) is 0 Å². The van der Waals surface area contributed by atoms with Crippen LogP contribution in [0.15, 0.2) is 0 Å². The van der Waals surface area contributed by atoms with Gasteiger partial charge in [-0.15, -0.1) is 0 Å². The molecule has 0 spiro atoms. The summed E-state index contributed by atoms with van der Waals surface area (Å²) in [6, 6.07) is 0. The van der Waals surface area contributed by atoms with Crippen molar-refractivity contribution in [1.29, 1.82) is 0 Å². The minimum absolute atomic E-state index is 0.447. The summed E-state index contributed by atoms with van der Waals surface area (Å²) < 4.78 is 0. The lowest BCUT2D eigenvalue weighted by Crippen LogP contribution is -1.98. The Bertz CT molecular complexity index is 59.5. The minimum atomic E-state index is 0.447. The summed E-state index contributed by atoms with van der Waals surface area (Å²) in [4.78, 5) is 0. The summed E-state index contributed by atoms with van der Waals surface area (Å²) in [5.74, 6) is 0. The largest absolute Gasteiger partial charge is 0.0958 e. The molecular formula is C6H12BrP. The fraction of sp³-hybridized carbons (Fsp3) is 1.00. The highest BCUT2D eigenvalue weighted by atomic mass is 79.9. The molecule has 2 heteroatoms. The first kappa shape index (κ1) is 7.02. The van der Waals surface area contributed by atoms with Crippen LogP contribution in [0.2, 0.25) is 0 Å². The van der Waals surface area contributed by atoms with Crippen LogP contribution >= 0.6 is 23.9 Å². The maximum atomic E-state index is 3.54. The van der Waals surface area contributed by atoms with Crippen molar-refractivity contribution in [2.45, 2.75) is 19.3 Å². The molecule has 0 N–H and O–H groups in total. The van der Waals surface area contributed by atoms with E-state index >= 15 is 0 Å². The third-order valence-electron chi connectivity index (χ3n) is 1.62. The molecular weight excluding hydrogens is 183 g/mol. The number of rotatable bonds is 1. The van der Waals surface area contributed by atoms with Gasteiger partial charge in [0.15, 0.2) is 0 Å². The van der Waals surface area contributed by atoms with Crippen LogP contribution in [-0.2, 0) is 0 Å². The van der Waals surface area contributed by atoms with Crippen molar-refractivity contribution in [3.8, 4) is 0 Å². The molecule has 1 saturated heterocycles. The van der Waals surface area contributed by atoms with Crippen molar-refractivity contribution in [3.05, 3.63) is 0 Å². The van der Waals surface area contributed by atoms with Crippen molar-refractivity contribution in [2.24, 2.45) is 0 Å². The predicted octanol–water partition coefficient (Wildman–Crippen LogP) is 3.00. The van der Waals surface area contributed by atoms with Gasteiger partial charge in [-0.2, -0.15) is 0 Å². The second-order valence-electron chi connectivity index (χ2n) is 2.30. The van der Waals surface area contributed by atoms with Crippen LogP contribution in [0.1, 0.15) is 19.3 Å². The first-order valence-corrected chi connectivity index (χ1v) is 6.23. The van der Waals surface area contributed by atoms with Crippen LogP contribution in [0.5, 0.6) is 0 Å². The summed E-state index contributed by atoms with van der Waals surface area (Å²) in [5.41, 5.74) is 0. The van der Waals surface area contributed by atoms with Crippen molar-refractivity contribution in [2.75, 3.05) is 17.4 Å². The third kappa shape index (κ3) is 2.03. The van der Waals surface area contributed by atoms with Gasteiger partial charge in [0.25, 0.3) is 0 Å². The van der Waals surface area contributed by atoms with Gasteiger partial charge in [-0.1, -0.05) is 30.3 Å². The van der Waals surface area contributed by atoms with E-state index in [4.69, 9.17) is 0 Å². The van der Waals surface area contributed by atoms with Crippen LogP contribution < -0.4 is 0 Å². The van der Waals surface area contributed by atoms with Gasteiger partial charge in [0.1, 0.15) is 0 Å². The molecule has 1 fully saturated rings. The summed E-state index contributed by atoms with van der Waals surface area (Å²) in [6.07, 6.45) is 7.54. The molecule has 0 nitrogen and oxygen atoms in total. The highest BCUT2D eigenvalue weighted by molar-refractivity contribution is 9.10. The second-order valence-corrected chi connectivity index (χ2v) is 6.28. The maximum absolute atomic E-state index is 3.54. The Morgan fingerprint density at radius 3 is 2.12 bits per heavy atom. The van der Waals surface area contributed by atoms with E-state index in [2.05, 4.69) is 15.9 Å². The van der Waals surface area contributed by atoms with E-state index in [0.29, 0.717) is 7.92 Å². The first-order chi connectivity index (χ1) is 3.93. The SMILES string of the molecule is BrCP1CCCCC1. The van der Waals surface area contributed by atoms with E-state index in [1.165, 1.54) is 36.7 Å². The highest BCUT2D eigenvalue weighted by Crippen LogP contribution is 2.42. The molecule has 1 rings (SSSR count). The van der Waals surface area contributed by atoms with E-state index in [1.807, 2.05) is 0 Å². The van der Waals surface area contributed by atoms with Crippen molar-refractivity contribution < 1.29 is 0 Å². The van der Waals surface area contributed by atoms with E-state index in [1.54, 1.807) is 0 Å². The summed E-state index contributed by atoms with van der Waals surface area (Å²) in [6.45, 7) is 0. The molecule has 0 radical (unpaired) electrons. The minimum Gasteiger partial charge on any atom is -0.0958 e. The number of hydrogen-bond donors (Lipinski definition) is 0. The Morgan fingerprint density at radius 2 is 1.75 bits per heavy atom. The lowest BCUT2D eigenvalue weighted by molar-refractivity contribution is 0.753. The molecule has 0 aromatic heterocycles. The van der Waals surface area contributed by atoms with Crippen molar-refractivity contribution in [3.63, 3.8) is 0 Å². The normalized spacial score (nSPS) is 23.6. The molecule has 0 atom stereocenters. The van der Waals surface area contributed by atoms with Gasteiger partial charge in [0.2, 0.25) is 0 Å².